The van der Waals surface area contributed by atoms with Gasteiger partial charge in [0.25, 0.3) is 5.56 Å². The van der Waals surface area contributed by atoms with Gasteiger partial charge in [-0.05, 0) is 48.9 Å². The van der Waals surface area contributed by atoms with Crippen molar-refractivity contribution in [3.63, 3.8) is 0 Å². The number of fused-ring (bicyclic) bond motifs is 1. The maximum absolute atomic E-state index is 12.4. The molecule has 0 atom stereocenters. The normalized spacial score (nSPS) is 11.2. The number of nitrogens with one attached hydrogen (secondary N) is 1. The molecule has 0 unspecified atom stereocenters. The molecule has 0 aliphatic heterocycles. The summed E-state index contributed by atoms with van der Waals surface area (Å²) in [6, 6.07) is 11.7. The Morgan fingerprint density at radius 1 is 1.33 bits per heavy atom. The number of rotatable bonds is 5. The first-order chi connectivity index (χ1) is 13.0. The van der Waals surface area contributed by atoms with Gasteiger partial charge in [-0.25, -0.2) is 4.98 Å². The monoisotopic (exact) mass is 363 g/mol. The van der Waals surface area contributed by atoms with E-state index in [0.717, 1.165) is 0 Å². The summed E-state index contributed by atoms with van der Waals surface area (Å²) in [6.45, 7) is 2.35. The molecule has 0 aliphatic rings. The lowest BCUT2D eigenvalue weighted by molar-refractivity contribution is 0.340. The number of methoxy groups -OCH3 is 1. The highest BCUT2D eigenvalue weighted by Crippen LogP contribution is 2.28. The fourth-order valence-corrected chi connectivity index (χ4v) is 2.61. The smallest absolute Gasteiger partial charge is 0.259 e. The predicted octanol–water partition coefficient (Wildman–Crippen LogP) is 3.10. The van der Waals surface area contributed by atoms with E-state index in [0.29, 0.717) is 28.8 Å². The van der Waals surface area contributed by atoms with Gasteiger partial charge in [-0.2, -0.15) is 5.26 Å². The Morgan fingerprint density at radius 3 is 2.85 bits per heavy atom. The van der Waals surface area contributed by atoms with Crippen LogP contribution in [0.25, 0.3) is 22.6 Å². The molecule has 0 aliphatic carbocycles. The standard InChI is InChI=1S/C20H17N3O4/c1-3-27-14-5-6-16-15(10-14)20(25)23-19(22-16)13(11-21)8-12-4-7-17(24)18(9-12)26-2/h4-10,24H,3H2,1-2H3,(H,22,23,25)/b13-8+. The number of aromatic hydroxyl groups is 1. The molecule has 0 saturated carbocycles. The van der Waals surface area contributed by atoms with Crippen molar-refractivity contribution in [2.75, 3.05) is 13.7 Å². The highest BCUT2D eigenvalue weighted by molar-refractivity contribution is 5.89. The van der Waals surface area contributed by atoms with Crippen molar-refractivity contribution in [2.24, 2.45) is 0 Å². The number of phenolic OH excluding ortho intramolecular Hbond substituents is 1. The molecule has 2 aromatic carbocycles. The van der Waals surface area contributed by atoms with Crippen LogP contribution in [0.1, 0.15) is 18.3 Å². The molecule has 7 heteroatoms. The SMILES string of the molecule is CCOc1ccc2nc(/C(C#N)=C/c3ccc(O)c(OC)c3)[nH]c(=O)c2c1. The summed E-state index contributed by atoms with van der Waals surface area (Å²) in [7, 11) is 1.44. The van der Waals surface area contributed by atoms with Crippen molar-refractivity contribution in [2.45, 2.75) is 6.92 Å². The predicted molar refractivity (Wildman–Crippen MR) is 102 cm³/mol. The molecule has 0 radical (unpaired) electrons. The number of phenols is 1. The fourth-order valence-electron chi connectivity index (χ4n) is 2.61. The van der Waals surface area contributed by atoms with Crippen molar-refractivity contribution < 1.29 is 14.6 Å². The molecule has 7 nitrogen and oxygen atoms in total. The average Bonchev–Trinajstić information content (AvgIpc) is 2.67. The van der Waals surface area contributed by atoms with Gasteiger partial charge in [0.1, 0.15) is 11.8 Å². The van der Waals surface area contributed by atoms with Gasteiger partial charge in [0.05, 0.1) is 30.2 Å². The average molecular weight is 363 g/mol. The van der Waals surface area contributed by atoms with Crippen LogP contribution in [-0.4, -0.2) is 28.8 Å². The van der Waals surface area contributed by atoms with Gasteiger partial charge in [-0.15, -0.1) is 0 Å². The summed E-state index contributed by atoms with van der Waals surface area (Å²) in [6.07, 6.45) is 1.56. The minimum atomic E-state index is -0.360. The third-order valence-corrected chi connectivity index (χ3v) is 3.88. The topological polar surface area (TPSA) is 108 Å². The van der Waals surface area contributed by atoms with Gasteiger partial charge in [-0.3, -0.25) is 4.79 Å². The third-order valence-electron chi connectivity index (χ3n) is 3.88. The lowest BCUT2D eigenvalue weighted by Gasteiger charge is -2.06. The molecular weight excluding hydrogens is 346 g/mol. The summed E-state index contributed by atoms with van der Waals surface area (Å²) in [5, 5.41) is 19.6. The maximum Gasteiger partial charge on any atom is 0.259 e. The van der Waals surface area contributed by atoms with E-state index < -0.39 is 0 Å². The third kappa shape index (κ3) is 3.75. The van der Waals surface area contributed by atoms with Crippen molar-refractivity contribution in [1.29, 1.82) is 5.26 Å². The van der Waals surface area contributed by atoms with Crippen LogP contribution in [0, 0.1) is 11.3 Å². The van der Waals surface area contributed by atoms with Crippen LogP contribution in [0.15, 0.2) is 41.2 Å². The summed E-state index contributed by atoms with van der Waals surface area (Å²) in [4.78, 5) is 19.5. The van der Waals surface area contributed by atoms with Gasteiger partial charge < -0.3 is 19.6 Å². The summed E-state index contributed by atoms with van der Waals surface area (Å²) in [5.74, 6) is 1.02. The molecule has 27 heavy (non-hydrogen) atoms. The zero-order chi connectivity index (χ0) is 19.4. The number of nitriles is 1. The van der Waals surface area contributed by atoms with Gasteiger partial charge >= 0.3 is 0 Å². The number of H-pyrrole nitrogens is 1. The largest absolute Gasteiger partial charge is 0.504 e. The van der Waals surface area contributed by atoms with E-state index in [2.05, 4.69) is 9.97 Å². The van der Waals surface area contributed by atoms with E-state index in [4.69, 9.17) is 9.47 Å². The number of allylic oxidation sites excluding steroid dienone is 1. The first-order valence-corrected chi connectivity index (χ1v) is 8.21. The molecule has 136 valence electrons. The second-order valence-corrected chi connectivity index (χ2v) is 5.63. The van der Waals surface area contributed by atoms with Crippen LogP contribution < -0.4 is 15.0 Å². The number of aromatic amines is 1. The van der Waals surface area contributed by atoms with Crippen molar-refractivity contribution in [1.82, 2.24) is 9.97 Å². The van der Waals surface area contributed by atoms with Crippen LogP contribution in [0.4, 0.5) is 0 Å². The minimum Gasteiger partial charge on any atom is -0.504 e. The number of ether oxygens (including phenoxy) is 2. The van der Waals surface area contributed by atoms with Crippen molar-refractivity contribution in [3.8, 4) is 23.3 Å². The number of nitrogens with zero attached hydrogens (tertiary/aromatic N) is 2. The molecule has 3 aromatic rings. The lowest BCUT2D eigenvalue weighted by atomic mass is 10.1. The lowest BCUT2D eigenvalue weighted by Crippen LogP contribution is -2.11. The van der Waals surface area contributed by atoms with E-state index in [1.807, 2.05) is 13.0 Å². The van der Waals surface area contributed by atoms with E-state index >= 15 is 0 Å². The van der Waals surface area contributed by atoms with Crippen molar-refractivity contribution >= 4 is 22.6 Å². The number of aromatic nitrogens is 2. The Morgan fingerprint density at radius 2 is 2.15 bits per heavy atom. The highest BCUT2D eigenvalue weighted by atomic mass is 16.5. The first kappa shape index (κ1) is 18.0. The van der Waals surface area contributed by atoms with Crippen LogP contribution in [-0.2, 0) is 0 Å². The van der Waals surface area contributed by atoms with Crippen LogP contribution >= 0.6 is 0 Å². The molecule has 1 heterocycles. The Balaban J connectivity index is 2.08. The quantitative estimate of drug-likeness (QED) is 0.674. The molecular formula is C20H17N3O4. The van der Waals surface area contributed by atoms with Crippen LogP contribution in [0.3, 0.4) is 0 Å². The van der Waals surface area contributed by atoms with Gasteiger partial charge in [0, 0.05) is 0 Å². The molecule has 2 N–H and O–H groups in total. The second-order valence-electron chi connectivity index (χ2n) is 5.63. The van der Waals surface area contributed by atoms with E-state index in [9.17, 15) is 15.2 Å². The number of benzene rings is 2. The van der Waals surface area contributed by atoms with Gasteiger partial charge in [-0.1, -0.05) is 6.07 Å². The van der Waals surface area contributed by atoms with Gasteiger partial charge in [0.2, 0.25) is 0 Å². The van der Waals surface area contributed by atoms with E-state index in [-0.39, 0.29) is 28.5 Å². The van der Waals surface area contributed by atoms with Crippen LogP contribution in [0.5, 0.6) is 17.2 Å². The summed E-state index contributed by atoms with van der Waals surface area (Å²) < 4.78 is 10.5. The minimum absolute atomic E-state index is 0.00417. The zero-order valence-corrected chi connectivity index (χ0v) is 14.8. The maximum atomic E-state index is 12.4. The van der Waals surface area contributed by atoms with Crippen LogP contribution in [0.2, 0.25) is 0 Å². The summed E-state index contributed by atoms with van der Waals surface area (Å²) >= 11 is 0. The number of hydrogen-bond acceptors (Lipinski definition) is 6. The van der Waals surface area contributed by atoms with Gasteiger partial charge in [0.15, 0.2) is 17.3 Å². The molecule has 0 fully saturated rings. The Kier molecular flexibility index (Phi) is 5.08. The highest BCUT2D eigenvalue weighted by Gasteiger charge is 2.10. The first-order valence-electron chi connectivity index (χ1n) is 8.21. The Labute approximate surface area is 155 Å². The molecule has 3 rings (SSSR count). The molecule has 0 amide bonds. The number of hydrogen-bond donors (Lipinski definition) is 2. The second kappa shape index (κ2) is 7.62. The van der Waals surface area contributed by atoms with E-state index in [1.54, 1.807) is 36.4 Å². The molecule has 0 bridgehead atoms. The molecule has 0 spiro atoms. The van der Waals surface area contributed by atoms with E-state index in [1.165, 1.54) is 13.2 Å². The molecule has 1 aromatic heterocycles. The zero-order valence-electron chi connectivity index (χ0n) is 14.8. The summed E-state index contributed by atoms with van der Waals surface area (Å²) in [5.41, 5.74) is 0.897. The fraction of sp³-hybridized carbons (Fsp3) is 0.150. The Hall–Kier alpha value is -3.79. The Bertz CT molecular complexity index is 1130. The van der Waals surface area contributed by atoms with Crippen molar-refractivity contribution in [3.05, 3.63) is 58.1 Å². The molecule has 0 saturated heterocycles.